The second-order valence-electron chi connectivity index (χ2n) is 5.40. The molecule has 7 nitrogen and oxygen atoms in total. The molecule has 1 fully saturated rings. The molecule has 1 aromatic heterocycles. The largest absolute Gasteiger partial charge is 0.461 e. The highest BCUT2D eigenvalue weighted by Gasteiger charge is 2.39. The molecule has 1 saturated heterocycles. The van der Waals surface area contributed by atoms with Crippen LogP contribution in [0.4, 0.5) is 5.95 Å². The molecule has 2 rings (SSSR count). The molecule has 1 aliphatic heterocycles. The number of hydrogen-bond donors (Lipinski definition) is 1. The maximum Gasteiger partial charge on any atom is 0.322 e. The predicted octanol–water partition coefficient (Wildman–Crippen LogP) is 1.30. The number of ether oxygens (including phenoxy) is 1. The van der Waals surface area contributed by atoms with Crippen molar-refractivity contribution < 1.29 is 13.2 Å². The van der Waals surface area contributed by atoms with Crippen molar-refractivity contribution in [3.8, 4) is 6.01 Å². The van der Waals surface area contributed by atoms with Crippen LogP contribution in [0.1, 0.15) is 27.2 Å². The van der Waals surface area contributed by atoms with Gasteiger partial charge in [0, 0.05) is 0 Å². The van der Waals surface area contributed by atoms with E-state index in [1.807, 2.05) is 20.8 Å². The highest BCUT2D eigenvalue weighted by atomic mass is 35.5. The van der Waals surface area contributed by atoms with E-state index in [-0.39, 0.29) is 34.9 Å². The summed E-state index contributed by atoms with van der Waals surface area (Å²) in [7, 11) is -3.01. The molecule has 1 aromatic rings. The third kappa shape index (κ3) is 3.92. The molecule has 0 amide bonds. The zero-order chi connectivity index (χ0) is 15.0. The number of nitrogens with one attached hydrogen (secondary N) is 1. The van der Waals surface area contributed by atoms with E-state index in [1.54, 1.807) is 0 Å². The molecule has 1 aliphatic rings. The Morgan fingerprint density at radius 1 is 1.35 bits per heavy atom. The highest BCUT2D eigenvalue weighted by molar-refractivity contribution is 7.91. The summed E-state index contributed by atoms with van der Waals surface area (Å²) in [5.74, 6) is 0.425. The molecule has 1 N–H and O–H groups in total. The Hall–Kier alpha value is -1.15. The second-order valence-corrected chi connectivity index (χ2v) is 7.93. The molecule has 9 heteroatoms. The van der Waals surface area contributed by atoms with Gasteiger partial charge in [0.2, 0.25) is 11.2 Å². The maximum absolute atomic E-state index is 11.6. The van der Waals surface area contributed by atoms with Gasteiger partial charge in [-0.2, -0.15) is 15.0 Å². The molecule has 0 aromatic carbocycles. The van der Waals surface area contributed by atoms with Crippen molar-refractivity contribution in [1.82, 2.24) is 15.0 Å². The van der Waals surface area contributed by atoms with Gasteiger partial charge in [0.15, 0.2) is 9.84 Å². The number of nitrogens with zero attached hydrogens (tertiary/aromatic N) is 3. The van der Waals surface area contributed by atoms with Gasteiger partial charge in [-0.3, -0.25) is 0 Å². The summed E-state index contributed by atoms with van der Waals surface area (Å²) in [4.78, 5) is 11.9. The lowest BCUT2D eigenvalue weighted by atomic mass is 10.0. The van der Waals surface area contributed by atoms with Crippen LogP contribution in [0.2, 0.25) is 5.28 Å². The fourth-order valence-electron chi connectivity index (χ4n) is 2.03. The summed E-state index contributed by atoms with van der Waals surface area (Å²) in [5, 5.41) is 3.02. The third-order valence-corrected chi connectivity index (χ3v) is 4.92. The number of halogens is 1. The second kappa shape index (κ2) is 5.33. The molecule has 1 unspecified atom stereocenters. The Bertz CT molecular complexity index is 608. The van der Waals surface area contributed by atoms with Gasteiger partial charge in [-0.25, -0.2) is 8.42 Å². The Labute approximate surface area is 123 Å². The number of anilines is 1. The lowest BCUT2D eigenvalue weighted by Crippen LogP contribution is -2.36. The van der Waals surface area contributed by atoms with Crippen LogP contribution in [-0.2, 0) is 9.84 Å². The zero-order valence-corrected chi connectivity index (χ0v) is 13.1. The molecule has 0 radical (unpaired) electrons. The molecular weight excluding hydrogens is 304 g/mol. The van der Waals surface area contributed by atoms with Crippen LogP contribution in [0.15, 0.2) is 0 Å². The van der Waals surface area contributed by atoms with E-state index in [0.717, 1.165) is 0 Å². The minimum atomic E-state index is -3.01. The Morgan fingerprint density at radius 2 is 2.05 bits per heavy atom. The molecule has 20 heavy (non-hydrogen) atoms. The monoisotopic (exact) mass is 320 g/mol. The smallest absolute Gasteiger partial charge is 0.322 e. The van der Waals surface area contributed by atoms with Gasteiger partial charge >= 0.3 is 6.01 Å². The zero-order valence-electron chi connectivity index (χ0n) is 11.6. The Balaban J connectivity index is 2.19. The van der Waals surface area contributed by atoms with Crippen molar-refractivity contribution in [2.24, 2.45) is 0 Å². The number of aromatic nitrogens is 3. The van der Waals surface area contributed by atoms with Crippen LogP contribution in [-0.4, -0.2) is 46.5 Å². The first-order chi connectivity index (χ1) is 9.17. The van der Waals surface area contributed by atoms with E-state index < -0.39 is 15.4 Å². The Morgan fingerprint density at radius 3 is 2.60 bits per heavy atom. The summed E-state index contributed by atoms with van der Waals surface area (Å²) in [6, 6.07) is 0.118. The van der Waals surface area contributed by atoms with Crippen LogP contribution >= 0.6 is 11.6 Å². The van der Waals surface area contributed by atoms with Crippen molar-refractivity contribution >= 4 is 27.4 Å². The molecule has 0 saturated carbocycles. The quantitative estimate of drug-likeness (QED) is 0.893. The normalized spacial score (nSPS) is 24.9. The fourth-order valence-corrected chi connectivity index (χ4v) is 4.28. The first kappa shape index (κ1) is 15.2. The van der Waals surface area contributed by atoms with Crippen molar-refractivity contribution in [3.63, 3.8) is 0 Å². The molecule has 2 heterocycles. The average molecular weight is 321 g/mol. The van der Waals surface area contributed by atoms with Gasteiger partial charge in [0.05, 0.1) is 23.1 Å². The third-order valence-electron chi connectivity index (χ3n) is 2.85. The molecule has 0 bridgehead atoms. The van der Waals surface area contributed by atoms with E-state index in [0.29, 0.717) is 6.42 Å². The molecule has 0 spiro atoms. The summed E-state index contributed by atoms with van der Waals surface area (Å²) < 4.78 is 28.5. The highest BCUT2D eigenvalue weighted by Crippen LogP contribution is 2.27. The summed E-state index contributed by atoms with van der Waals surface area (Å²) in [6.45, 7) is 5.50. The minimum Gasteiger partial charge on any atom is -0.461 e. The number of hydrogen-bond acceptors (Lipinski definition) is 7. The van der Waals surface area contributed by atoms with E-state index in [4.69, 9.17) is 16.3 Å². The van der Waals surface area contributed by atoms with Gasteiger partial charge in [-0.05, 0) is 38.8 Å². The van der Waals surface area contributed by atoms with E-state index in [2.05, 4.69) is 20.3 Å². The standard InChI is InChI=1S/C11H17ClN4O3S/c1-7(2)19-10-14-8(12)13-9(15-10)16-11(3)4-5-20(17,18)6-11/h7H,4-6H2,1-3H3,(H,13,14,15,16). The van der Waals surface area contributed by atoms with Crippen LogP contribution < -0.4 is 10.1 Å². The van der Waals surface area contributed by atoms with Crippen molar-refractivity contribution in [2.45, 2.75) is 38.8 Å². The lowest BCUT2D eigenvalue weighted by molar-refractivity contribution is 0.221. The topological polar surface area (TPSA) is 94.1 Å². The van der Waals surface area contributed by atoms with Crippen LogP contribution in [0.25, 0.3) is 0 Å². The number of rotatable bonds is 4. The SMILES string of the molecule is CC(C)Oc1nc(Cl)nc(NC2(C)CCS(=O)(=O)C2)n1. The van der Waals surface area contributed by atoms with E-state index >= 15 is 0 Å². The number of sulfone groups is 1. The minimum absolute atomic E-state index is 0.00241. The van der Waals surface area contributed by atoms with Crippen LogP contribution in [0.3, 0.4) is 0 Å². The van der Waals surface area contributed by atoms with Crippen molar-refractivity contribution in [1.29, 1.82) is 0 Å². The van der Waals surface area contributed by atoms with E-state index in [9.17, 15) is 8.42 Å². The first-order valence-electron chi connectivity index (χ1n) is 6.24. The molecular formula is C11H17ClN4O3S. The Kier molecular flexibility index (Phi) is 4.06. The molecule has 1 atom stereocenters. The van der Waals surface area contributed by atoms with Gasteiger partial charge in [-0.15, -0.1) is 0 Å². The van der Waals surface area contributed by atoms with Crippen LogP contribution in [0.5, 0.6) is 6.01 Å². The van der Waals surface area contributed by atoms with Gasteiger partial charge in [0.25, 0.3) is 0 Å². The van der Waals surface area contributed by atoms with Gasteiger partial charge < -0.3 is 10.1 Å². The van der Waals surface area contributed by atoms with Crippen LogP contribution in [0, 0.1) is 0 Å². The lowest BCUT2D eigenvalue weighted by Gasteiger charge is -2.23. The van der Waals surface area contributed by atoms with E-state index in [1.165, 1.54) is 0 Å². The molecule has 112 valence electrons. The van der Waals surface area contributed by atoms with Crippen molar-refractivity contribution in [3.05, 3.63) is 5.28 Å². The predicted molar refractivity (Wildman–Crippen MR) is 75.9 cm³/mol. The maximum atomic E-state index is 11.6. The van der Waals surface area contributed by atoms with Gasteiger partial charge in [-0.1, -0.05) is 0 Å². The van der Waals surface area contributed by atoms with Crippen molar-refractivity contribution in [2.75, 3.05) is 16.8 Å². The van der Waals surface area contributed by atoms with Gasteiger partial charge in [0.1, 0.15) is 0 Å². The summed E-state index contributed by atoms with van der Waals surface area (Å²) >= 11 is 5.82. The first-order valence-corrected chi connectivity index (χ1v) is 8.44. The fraction of sp³-hybridized carbons (Fsp3) is 0.727. The molecule has 0 aliphatic carbocycles. The summed E-state index contributed by atoms with van der Waals surface area (Å²) in [6.07, 6.45) is 0.405. The summed E-state index contributed by atoms with van der Waals surface area (Å²) in [5.41, 5.74) is -0.599. The average Bonchev–Trinajstić information content (AvgIpc) is 2.50.